The highest BCUT2D eigenvalue weighted by molar-refractivity contribution is 7.99. The summed E-state index contributed by atoms with van der Waals surface area (Å²) >= 11 is 1.27. The van der Waals surface area contributed by atoms with Gasteiger partial charge in [0.05, 0.1) is 6.07 Å². The summed E-state index contributed by atoms with van der Waals surface area (Å²) in [6, 6.07) is 1.36. The SMILES string of the molecule is Cn1c(SCC(N)C#N)n[nH]c1=O. The van der Waals surface area contributed by atoms with Crippen LogP contribution in [0.3, 0.4) is 0 Å². The maximum Gasteiger partial charge on any atom is 0.343 e. The van der Waals surface area contributed by atoms with Gasteiger partial charge in [0.2, 0.25) is 0 Å². The zero-order chi connectivity index (χ0) is 9.84. The molecule has 6 nitrogen and oxygen atoms in total. The molecule has 0 aromatic carbocycles. The van der Waals surface area contributed by atoms with Gasteiger partial charge < -0.3 is 5.73 Å². The zero-order valence-electron chi connectivity index (χ0n) is 7.02. The first kappa shape index (κ1) is 9.83. The van der Waals surface area contributed by atoms with Gasteiger partial charge in [-0.3, -0.25) is 4.57 Å². The third kappa shape index (κ3) is 2.34. The van der Waals surface area contributed by atoms with E-state index >= 15 is 0 Å². The van der Waals surface area contributed by atoms with Crippen molar-refractivity contribution >= 4 is 11.8 Å². The van der Waals surface area contributed by atoms with Crippen molar-refractivity contribution in [2.24, 2.45) is 12.8 Å². The number of nitrogens with two attached hydrogens (primary N) is 1. The van der Waals surface area contributed by atoms with Crippen molar-refractivity contribution < 1.29 is 0 Å². The predicted octanol–water partition coefficient (Wildman–Crippen LogP) is -0.949. The van der Waals surface area contributed by atoms with Crippen LogP contribution in [0.25, 0.3) is 0 Å². The van der Waals surface area contributed by atoms with Gasteiger partial charge in [0.1, 0.15) is 6.04 Å². The summed E-state index contributed by atoms with van der Waals surface area (Å²) in [6.45, 7) is 0. The lowest BCUT2D eigenvalue weighted by atomic mass is 10.4. The summed E-state index contributed by atoms with van der Waals surface area (Å²) in [4.78, 5) is 10.9. The Balaban J connectivity index is 2.61. The molecular formula is C6H9N5OS. The fraction of sp³-hybridized carbons (Fsp3) is 0.500. The molecule has 0 aliphatic heterocycles. The van der Waals surface area contributed by atoms with Crippen molar-refractivity contribution in [3.05, 3.63) is 10.5 Å². The minimum Gasteiger partial charge on any atom is -0.315 e. The highest BCUT2D eigenvalue weighted by atomic mass is 32.2. The number of hydrogen-bond donors (Lipinski definition) is 2. The number of aromatic nitrogens is 3. The van der Waals surface area contributed by atoms with Gasteiger partial charge in [-0.15, -0.1) is 5.10 Å². The fourth-order valence-electron chi connectivity index (χ4n) is 0.663. The predicted molar refractivity (Wildman–Crippen MR) is 48.1 cm³/mol. The van der Waals surface area contributed by atoms with Crippen molar-refractivity contribution in [2.75, 3.05) is 5.75 Å². The van der Waals surface area contributed by atoms with Crippen LogP contribution in [0.1, 0.15) is 0 Å². The van der Waals surface area contributed by atoms with E-state index in [9.17, 15) is 4.79 Å². The number of rotatable bonds is 3. The molecule has 1 aromatic heterocycles. The largest absolute Gasteiger partial charge is 0.343 e. The molecule has 1 atom stereocenters. The van der Waals surface area contributed by atoms with Crippen LogP contribution in [0, 0.1) is 11.3 Å². The highest BCUT2D eigenvalue weighted by Gasteiger charge is 2.07. The van der Waals surface area contributed by atoms with E-state index in [0.29, 0.717) is 10.9 Å². The smallest absolute Gasteiger partial charge is 0.315 e. The molecule has 0 amide bonds. The van der Waals surface area contributed by atoms with Gasteiger partial charge in [0, 0.05) is 12.8 Å². The number of thioether (sulfide) groups is 1. The van der Waals surface area contributed by atoms with E-state index in [2.05, 4.69) is 10.2 Å². The van der Waals surface area contributed by atoms with Crippen LogP contribution < -0.4 is 11.4 Å². The summed E-state index contributed by atoms with van der Waals surface area (Å²) in [6.07, 6.45) is 0. The first-order valence-corrected chi connectivity index (χ1v) is 4.53. The van der Waals surface area contributed by atoms with Crippen LogP contribution >= 0.6 is 11.8 Å². The molecular weight excluding hydrogens is 190 g/mol. The average Bonchev–Trinajstić information content (AvgIpc) is 2.44. The van der Waals surface area contributed by atoms with Crippen LogP contribution in [0.15, 0.2) is 9.95 Å². The van der Waals surface area contributed by atoms with Gasteiger partial charge in [-0.05, 0) is 0 Å². The maximum atomic E-state index is 10.9. The van der Waals surface area contributed by atoms with E-state index in [1.807, 2.05) is 6.07 Å². The molecule has 13 heavy (non-hydrogen) atoms. The lowest BCUT2D eigenvalue weighted by molar-refractivity contribution is 0.764. The van der Waals surface area contributed by atoms with Crippen LogP contribution in [0.5, 0.6) is 0 Å². The number of nitrogens with one attached hydrogen (secondary N) is 1. The van der Waals surface area contributed by atoms with Gasteiger partial charge in [0.15, 0.2) is 5.16 Å². The first-order valence-electron chi connectivity index (χ1n) is 3.54. The Morgan fingerprint density at radius 2 is 2.62 bits per heavy atom. The quantitative estimate of drug-likeness (QED) is 0.611. The van der Waals surface area contributed by atoms with E-state index in [4.69, 9.17) is 11.0 Å². The number of nitriles is 1. The molecule has 0 fully saturated rings. The monoisotopic (exact) mass is 199 g/mol. The molecule has 0 aliphatic carbocycles. The molecule has 0 saturated carbocycles. The second-order valence-corrected chi connectivity index (χ2v) is 3.40. The zero-order valence-corrected chi connectivity index (χ0v) is 7.84. The number of aromatic amines is 1. The van der Waals surface area contributed by atoms with Crippen LogP contribution in [-0.2, 0) is 7.05 Å². The van der Waals surface area contributed by atoms with Gasteiger partial charge in [-0.1, -0.05) is 11.8 Å². The molecule has 1 rings (SSSR count). The van der Waals surface area contributed by atoms with Crippen molar-refractivity contribution in [3.8, 4) is 6.07 Å². The average molecular weight is 199 g/mol. The lowest BCUT2D eigenvalue weighted by Crippen LogP contribution is -2.20. The Bertz CT molecular complexity index is 375. The van der Waals surface area contributed by atoms with Crippen LogP contribution in [-0.4, -0.2) is 26.6 Å². The molecule has 3 N–H and O–H groups in total. The molecule has 0 radical (unpaired) electrons. The number of nitrogens with zero attached hydrogens (tertiary/aromatic N) is 3. The highest BCUT2D eigenvalue weighted by Crippen LogP contribution is 2.11. The maximum absolute atomic E-state index is 10.9. The molecule has 0 saturated heterocycles. The number of H-pyrrole nitrogens is 1. The van der Waals surface area contributed by atoms with E-state index in [-0.39, 0.29) is 5.69 Å². The lowest BCUT2D eigenvalue weighted by Gasteiger charge is -2.00. The first-order chi connectivity index (χ1) is 6.15. The Morgan fingerprint density at radius 1 is 1.92 bits per heavy atom. The minimum absolute atomic E-state index is 0.270. The third-order valence-electron chi connectivity index (χ3n) is 1.40. The number of hydrogen-bond acceptors (Lipinski definition) is 5. The molecule has 7 heteroatoms. The van der Waals surface area contributed by atoms with E-state index in [0.717, 1.165) is 0 Å². The van der Waals surface area contributed by atoms with Crippen molar-refractivity contribution in [1.82, 2.24) is 14.8 Å². The van der Waals surface area contributed by atoms with Crippen LogP contribution in [0.2, 0.25) is 0 Å². The third-order valence-corrected chi connectivity index (χ3v) is 2.55. The fourth-order valence-corrected chi connectivity index (χ4v) is 1.45. The topological polar surface area (TPSA) is 100 Å². The van der Waals surface area contributed by atoms with Gasteiger partial charge >= 0.3 is 5.69 Å². The summed E-state index contributed by atoms with van der Waals surface area (Å²) < 4.78 is 1.37. The molecule has 0 bridgehead atoms. The molecule has 0 aliphatic rings. The minimum atomic E-state index is -0.531. The van der Waals surface area contributed by atoms with Gasteiger partial charge in [0.25, 0.3) is 0 Å². The Labute approximate surface area is 78.7 Å². The summed E-state index contributed by atoms with van der Waals surface area (Å²) in [7, 11) is 1.60. The standard InChI is InChI=1S/C6H9N5OS/c1-11-5(12)9-10-6(11)13-3-4(8)2-7/h4H,3,8H2,1H3,(H,9,12). The summed E-state index contributed by atoms with van der Waals surface area (Å²) in [5.41, 5.74) is 5.10. The molecule has 1 aromatic rings. The Hall–Kier alpha value is -1.26. The molecule has 1 heterocycles. The Kier molecular flexibility index (Phi) is 3.11. The van der Waals surface area contributed by atoms with Crippen molar-refractivity contribution in [1.29, 1.82) is 5.26 Å². The van der Waals surface area contributed by atoms with Crippen molar-refractivity contribution in [2.45, 2.75) is 11.2 Å². The summed E-state index contributed by atoms with van der Waals surface area (Å²) in [5, 5.41) is 15.0. The van der Waals surface area contributed by atoms with Crippen molar-refractivity contribution in [3.63, 3.8) is 0 Å². The molecule has 1 unspecified atom stereocenters. The molecule has 0 spiro atoms. The summed E-state index contributed by atoms with van der Waals surface area (Å²) in [5.74, 6) is 0.425. The van der Waals surface area contributed by atoms with E-state index in [1.54, 1.807) is 7.05 Å². The second-order valence-electron chi connectivity index (χ2n) is 2.42. The molecule has 70 valence electrons. The van der Waals surface area contributed by atoms with Gasteiger partial charge in [-0.25, -0.2) is 9.89 Å². The van der Waals surface area contributed by atoms with E-state index < -0.39 is 6.04 Å². The van der Waals surface area contributed by atoms with E-state index in [1.165, 1.54) is 16.3 Å². The Morgan fingerprint density at radius 3 is 3.08 bits per heavy atom. The normalized spacial score (nSPS) is 12.4. The van der Waals surface area contributed by atoms with Crippen LogP contribution in [0.4, 0.5) is 0 Å². The van der Waals surface area contributed by atoms with Gasteiger partial charge in [-0.2, -0.15) is 5.26 Å². The second kappa shape index (κ2) is 4.11.